The van der Waals surface area contributed by atoms with Crippen molar-refractivity contribution in [3.63, 3.8) is 0 Å². The third kappa shape index (κ3) is 2.19. The van der Waals surface area contributed by atoms with Crippen LogP contribution in [0.3, 0.4) is 0 Å². The van der Waals surface area contributed by atoms with Crippen LogP contribution < -0.4 is 10.9 Å². The van der Waals surface area contributed by atoms with Crippen molar-refractivity contribution in [2.45, 2.75) is 6.54 Å². The van der Waals surface area contributed by atoms with Crippen molar-refractivity contribution < 1.29 is 9.90 Å². The van der Waals surface area contributed by atoms with E-state index in [4.69, 9.17) is 0 Å². The van der Waals surface area contributed by atoms with E-state index in [0.29, 0.717) is 27.9 Å². The van der Waals surface area contributed by atoms with Gasteiger partial charge in [-0.3, -0.25) is 9.79 Å². The maximum absolute atomic E-state index is 12.2. The van der Waals surface area contributed by atoms with E-state index in [-0.39, 0.29) is 16.9 Å². The molecule has 0 bridgehead atoms. The molecule has 0 saturated heterocycles. The lowest BCUT2D eigenvalue weighted by Crippen LogP contribution is -2.14. The molecule has 1 aliphatic heterocycles. The summed E-state index contributed by atoms with van der Waals surface area (Å²) in [5.74, 6) is -0.812. The number of fused-ring (bicyclic) bond motifs is 2. The zero-order chi connectivity index (χ0) is 16.8. The second-order valence-corrected chi connectivity index (χ2v) is 5.90. The number of carboxylic acid groups (broad SMARTS) is 1. The fourth-order valence-electron chi connectivity index (χ4n) is 2.52. The Hall–Kier alpha value is -3.01. The number of aliphatic imine (C=N–C) groups is 1. The van der Waals surface area contributed by atoms with Gasteiger partial charge in [0.1, 0.15) is 29.2 Å². The van der Waals surface area contributed by atoms with E-state index < -0.39 is 5.97 Å². The number of pyridine rings is 1. The number of anilines is 2. The molecule has 3 aromatic rings. The number of aromatic nitrogens is 4. The number of H-pyrrole nitrogens is 2. The first kappa shape index (κ1) is 14.6. The van der Waals surface area contributed by atoms with Crippen LogP contribution in [0.15, 0.2) is 26.7 Å². The molecule has 10 heteroatoms. The lowest BCUT2D eigenvalue weighted by Gasteiger charge is -2.07. The second kappa shape index (κ2) is 5.27. The van der Waals surface area contributed by atoms with Gasteiger partial charge in [-0.25, -0.2) is 14.8 Å². The Morgan fingerprint density at radius 1 is 1.33 bits per heavy atom. The van der Waals surface area contributed by atoms with Crippen LogP contribution in [0.4, 0.5) is 11.5 Å². The topological polar surface area (TPSA) is 136 Å². The van der Waals surface area contributed by atoms with E-state index in [1.807, 2.05) is 0 Å². The lowest BCUT2D eigenvalue weighted by atomic mass is 10.2. The van der Waals surface area contributed by atoms with Crippen molar-refractivity contribution in [2.24, 2.45) is 4.99 Å². The van der Waals surface area contributed by atoms with Crippen molar-refractivity contribution in [1.82, 2.24) is 19.9 Å². The maximum Gasteiger partial charge on any atom is 0.353 e. The molecule has 0 atom stereocenters. The Bertz CT molecular complexity index is 1080. The predicted octanol–water partition coefficient (Wildman–Crippen LogP) is 1.78. The molecule has 0 aliphatic carbocycles. The van der Waals surface area contributed by atoms with Crippen LogP contribution in [0.25, 0.3) is 11.0 Å². The van der Waals surface area contributed by atoms with E-state index in [2.05, 4.69) is 46.2 Å². The quantitative estimate of drug-likeness (QED) is 0.539. The molecule has 0 radical (unpaired) electrons. The zero-order valence-corrected chi connectivity index (χ0v) is 13.5. The van der Waals surface area contributed by atoms with Crippen LogP contribution >= 0.6 is 15.9 Å². The highest BCUT2D eigenvalue weighted by atomic mass is 79.9. The van der Waals surface area contributed by atoms with Gasteiger partial charge in [-0.15, -0.1) is 0 Å². The highest BCUT2D eigenvalue weighted by molar-refractivity contribution is 9.10. The first-order valence-electron chi connectivity index (χ1n) is 6.83. The van der Waals surface area contributed by atoms with Crippen LogP contribution in [0, 0.1) is 0 Å². The molecular weight excluding hydrogens is 380 g/mol. The molecule has 0 saturated carbocycles. The van der Waals surface area contributed by atoms with Crippen LogP contribution in [-0.2, 0) is 6.54 Å². The number of hydrogen-bond acceptors (Lipinski definition) is 6. The molecule has 0 aromatic carbocycles. The molecule has 24 heavy (non-hydrogen) atoms. The Balaban J connectivity index is 1.85. The third-order valence-corrected chi connectivity index (χ3v) is 4.43. The first-order valence-corrected chi connectivity index (χ1v) is 7.62. The largest absolute Gasteiger partial charge is 0.477 e. The molecule has 0 fully saturated rings. The summed E-state index contributed by atoms with van der Waals surface area (Å²) in [4.78, 5) is 41.1. The van der Waals surface area contributed by atoms with E-state index in [1.165, 1.54) is 6.33 Å². The molecule has 4 heterocycles. The summed E-state index contributed by atoms with van der Waals surface area (Å²) in [5.41, 5.74) is 1.86. The van der Waals surface area contributed by atoms with Crippen LogP contribution in [0.5, 0.6) is 0 Å². The Kier molecular flexibility index (Phi) is 3.20. The average Bonchev–Trinajstić information content (AvgIpc) is 3.12. The molecule has 3 aromatic heterocycles. The van der Waals surface area contributed by atoms with Gasteiger partial charge in [0.05, 0.1) is 16.4 Å². The first-order chi connectivity index (χ1) is 11.5. The summed E-state index contributed by atoms with van der Waals surface area (Å²) < 4.78 is 0.312. The van der Waals surface area contributed by atoms with Gasteiger partial charge in [0, 0.05) is 17.5 Å². The summed E-state index contributed by atoms with van der Waals surface area (Å²) in [5, 5.41) is 12.6. The number of aromatic amines is 2. The molecule has 120 valence electrons. The number of hydrogen-bond donors (Lipinski definition) is 4. The SMILES string of the molecule is O=C(O)c1[nH]c2ncnc(Nc3cc4c([nH]c3=O)CN=C4)c2c1Br. The van der Waals surface area contributed by atoms with E-state index >= 15 is 0 Å². The third-order valence-electron chi connectivity index (χ3n) is 3.63. The van der Waals surface area contributed by atoms with Gasteiger partial charge in [0.25, 0.3) is 5.56 Å². The van der Waals surface area contributed by atoms with Gasteiger partial charge in [-0.05, 0) is 22.0 Å². The highest BCUT2D eigenvalue weighted by Crippen LogP contribution is 2.32. The molecule has 0 amide bonds. The Labute approximate surface area is 142 Å². The lowest BCUT2D eigenvalue weighted by molar-refractivity contribution is 0.0690. The van der Waals surface area contributed by atoms with Crippen LogP contribution in [0.2, 0.25) is 0 Å². The minimum Gasteiger partial charge on any atom is -0.477 e. The van der Waals surface area contributed by atoms with Gasteiger partial charge in [-0.1, -0.05) is 0 Å². The van der Waals surface area contributed by atoms with Gasteiger partial charge < -0.3 is 20.4 Å². The number of nitrogens with one attached hydrogen (secondary N) is 3. The molecule has 0 spiro atoms. The van der Waals surface area contributed by atoms with E-state index in [9.17, 15) is 14.7 Å². The van der Waals surface area contributed by atoms with Gasteiger partial charge in [0.15, 0.2) is 0 Å². The summed E-state index contributed by atoms with van der Waals surface area (Å²) in [6, 6.07) is 1.68. The van der Waals surface area contributed by atoms with Crippen molar-refractivity contribution in [3.8, 4) is 0 Å². The number of aromatic carboxylic acids is 1. The van der Waals surface area contributed by atoms with Crippen LogP contribution in [0.1, 0.15) is 21.7 Å². The van der Waals surface area contributed by atoms with Crippen molar-refractivity contribution >= 4 is 50.7 Å². The molecule has 1 aliphatic rings. The molecule has 0 unspecified atom stereocenters. The number of carboxylic acids is 1. The fourth-order valence-corrected chi connectivity index (χ4v) is 3.16. The summed E-state index contributed by atoms with van der Waals surface area (Å²) in [6.07, 6.45) is 2.96. The number of halogens is 1. The predicted molar refractivity (Wildman–Crippen MR) is 90.2 cm³/mol. The second-order valence-electron chi connectivity index (χ2n) is 5.11. The number of carbonyl (C=O) groups is 1. The summed E-state index contributed by atoms with van der Waals surface area (Å²) >= 11 is 3.25. The minimum absolute atomic E-state index is 0.0384. The Morgan fingerprint density at radius 3 is 2.96 bits per heavy atom. The highest BCUT2D eigenvalue weighted by Gasteiger charge is 2.20. The smallest absolute Gasteiger partial charge is 0.353 e. The van der Waals surface area contributed by atoms with E-state index in [1.54, 1.807) is 12.3 Å². The molecule has 4 N–H and O–H groups in total. The van der Waals surface area contributed by atoms with Gasteiger partial charge in [-0.2, -0.15) is 0 Å². The van der Waals surface area contributed by atoms with Crippen molar-refractivity contribution in [2.75, 3.05) is 5.32 Å². The minimum atomic E-state index is -1.13. The summed E-state index contributed by atoms with van der Waals surface area (Å²) in [7, 11) is 0. The average molecular weight is 389 g/mol. The van der Waals surface area contributed by atoms with Gasteiger partial charge in [0.2, 0.25) is 0 Å². The molecule has 9 nitrogen and oxygen atoms in total. The van der Waals surface area contributed by atoms with Crippen LogP contribution in [-0.4, -0.2) is 37.2 Å². The molecule has 4 rings (SSSR count). The Morgan fingerprint density at radius 2 is 2.17 bits per heavy atom. The summed E-state index contributed by atoms with van der Waals surface area (Å²) in [6.45, 7) is 0.452. The van der Waals surface area contributed by atoms with E-state index in [0.717, 1.165) is 11.3 Å². The van der Waals surface area contributed by atoms with Crippen molar-refractivity contribution in [3.05, 3.63) is 44.2 Å². The normalized spacial score (nSPS) is 12.5. The fraction of sp³-hybridized carbons (Fsp3) is 0.0714. The maximum atomic E-state index is 12.2. The van der Waals surface area contributed by atoms with Gasteiger partial charge >= 0.3 is 5.97 Å². The standard InChI is InChI=1S/C14H9BrN6O3/c15-9-8-11(17-4-18-12(8)21-10(9)14(23)24)19-6-1-5-2-16-3-7(5)20-13(6)22/h1-2,4H,3H2,(H,20,22)(H,23,24)(H2,17,18,19,21). The number of nitrogens with zero attached hydrogens (tertiary/aromatic N) is 3. The molecular formula is C14H9BrN6O3. The number of rotatable bonds is 3. The van der Waals surface area contributed by atoms with Crippen molar-refractivity contribution in [1.29, 1.82) is 0 Å². The monoisotopic (exact) mass is 388 g/mol. The zero-order valence-electron chi connectivity index (χ0n) is 11.9.